The lowest BCUT2D eigenvalue weighted by molar-refractivity contribution is 0.0216. The number of rotatable bonds is 9. The monoisotopic (exact) mass is 258 g/mol. The number of carbonyl (C=O) groups excluding carboxylic acids is 1. The first kappa shape index (κ1) is 17.3. The second kappa shape index (κ2) is 9.23. The van der Waals surface area contributed by atoms with Gasteiger partial charge in [-0.3, -0.25) is 0 Å². The Labute approximate surface area is 112 Å². The minimum absolute atomic E-state index is 0.0462. The molecule has 3 heteroatoms. The molecule has 0 bridgehead atoms. The van der Waals surface area contributed by atoms with E-state index in [0.29, 0.717) is 19.1 Å². The number of unbranched alkanes of at least 4 members (excludes halogenated alkanes) is 3. The third-order valence-corrected chi connectivity index (χ3v) is 2.82. The summed E-state index contributed by atoms with van der Waals surface area (Å²) in [5.74, 6) is 0.347. The smallest absolute Gasteiger partial charge is 0.434 e. The molecule has 0 aromatic rings. The molecule has 0 N–H and O–H groups in total. The van der Waals surface area contributed by atoms with E-state index in [2.05, 4.69) is 20.8 Å². The molecule has 0 aliphatic heterocycles. The molecule has 0 atom stereocenters. The molecule has 0 unspecified atom stereocenters. The lowest BCUT2D eigenvalue weighted by Crippen LogP contribution is -2.23. The number of carbonyl (C=O) groups is 1. The SMILES string of the molecule is CCCCCCC(C)(C)COC(=O)OCC(C)C. The van der Waals surface area contributed by atoms with Crippen LogP contribution in [0.4, 0.5) is 4.79 Å². The van der Waals surface area contributed by atoms with E-state index in [0.717, 1.165) is 6.42 Å². The second-order valence-electron chi connectivity index (χ2n) is 6.22. The summed E-state index contributed by atoms with van der Waals surface area (Å²) in [5, 5.41) is 0. The molecule has 18 heavy (non-hydrogen) atoms. The van der Waals surface area contributed by atoms with E-state index in [1.165, 1.54) is 25.7 Å². The molecule has 0 radical (unpaired) electrons. The molecule has 0 aromatic carbocycles. The quantitative estimate of drug-likeness (QED) is 0.440. The van der Waals surface area contributed by atoms with Gasteiger partial charge in [-0.05, 0) is 17.8 Å². The van der Waals surface area contributed by atoms with Crippen LogP contribution in [0.2, 0.25) is 0 Å². The van der Waals surface area contributed by atoms with Gasteiger partial charge in [-0.25, -0.2) is 4.79 Å². The van der Waals surface area contributed by atoms with E-state index in [-0.39, 0.29) is 5.41 Å². The molecule has 0 aromatic heterocycles. The molecule has 3 nitrogen and oxygen atoms in total. The number of hydrogen-bond donors (Lipinski definition) is 0. The zero-order valence-electron chi connectivity index (χ0n) is 12.8. The van der Waals surface area contributed by atoms with E-state index in [1.54, 1.807) is 0 Å². The fourth-order valence-electron chi connectivity index (χ4n) is 1.63. The standard InChI is InChI=1S/C15H30O3/c1-6-7-8-9-10-15(4,5)12-18-14(16)17-11-13(2)3/h13H,6-12H2,1-5H3. The molecule has 0 saturated heterocycles. The number of ether oxygens (including phenoxy) is 2. The lowest BCUT2D eigenvalue weighted by atomic mass is 9.88. The molecule has 0 fully saturated rings. The van der Waals surface area contributed by atoms with Crippen molar-refractivity contribution in [2.75, 3.05) is 13.2 Å². The van der Waals surface area contributed by atoms with Crippen LogP contribution in [0.5, 0.6) is 0 Å². The lowest BCUT2D eigenvalue weighted by Gasteiger charge is -2.23. The topological polar surface area (TPSA) is 35.5 Å². The summed E-state index contributed by atoms with van der Waals surface area (Å²) < 4.78 is 10.1. The Hall–Kier alpha value is -0.730. The van der Waals surface area contributed by atoms with Gasteiger partial charge in [-0.1, -0.05) is 60.3 Å². The molecule has 0 saturated carbocycles. The van der Waals surface area contributed by atoms with Crippen molar-refractivity contribution in [1.29, 1.82) is 0 Å². The fraction of sp³-hybridized carbons (Fsp3) is 0.933. The van der Waals surface area contributed by atoms with Crippen LogP contribution in [0.1, 0.15) is 66.7 Å². The predicted octanol–water partition coefficient (Wildman–Crippen LogP) is 4.79. The van der Waals surface area contributed by atoms with Gasteiger partial charge < -0.3 is 9.47 Å². The van der Waals surface area contributed by atoms with E-state index < -0.39 is 6.16 Å². The normalized spacial score (nSPS) is 11.7. The molecule has 0 rings (SSSR count). The van der Waals surface area contributed by atoms with Crippen molar-refractivity contribution >= 4 is 6.16 Å². The van der Waals surface area contributed by atoms with Crippen LogP contribution in [-0.4, -0.2) is 19.4 Å². The molecule has 108 valence electrons. The third kappa shape index (κ3) is 10.4. The van der Waals surface area contributed by atoms with E-state index >= 15 is 0 Å². The van der Waals surface area contributed by atoms with Crippen LogP contribution < -0.4 is 0 Å². The summed E-state index contributed by atoms with van der Waals surface area (Å²) in [6.45, 7) is 11.4. The van der Waals surface area contributed by atoms with Gasteiger partial charge in [0.05, 0.1) is 6.61 Å². The number of hydrogen-bond acceptors (Lipinski definition) is 3. The van der Waals surface area contributed by atoms with Crippen molar-refractivity contribution in [2.45, 2.75) is 66.7 Å². The maximum Gasteiger partial charge on any atom is 0.508 e. The van der Waals surface area contributed by atoms with Crippen LogP contribution in [-0.2, 0) is 9.47 Å². The second-order valence-corrected chi connectivity index (χ2v) is 6.22. The van der Waals surface area contributed by atoms with Gasteiger partial charge in [0.15, 0.2) is 0 Å². The molecular weight excluding hydrogens is 228 g/mol. The predicted molar refractivity (Wildman–Crippen MR) is 74.7 cm³/mol. The van der Waals surface area contributed by atoms with E-state index in [1.807, 2.05) is 13.8 Å². The van der Waals surface area contributed by atoms with E-state index in [9.17, 15) is 4.79 Å². The first-order valence-corrected chi connectivity index (χ1v) is 7.17. The van der Waals surface area contributed by atoms with Gasteiger partial charge in [0.25, 0.3) is 0 Å². The van der Waals surface area contributed by atoms with Crippen molar-refractivity contribution in [1.82, 2.24) is 0 Å². The summed E-state index contributed by atoms with van der Waals surface area (Å²) in [4.78, 5) is 11.3. The summed E-state index contributed by atoms with van der Waals surface area (Å²) in [6.07, 6.45) is 5.55. The first-order valence-electron chi connectivity index (χ1n) is 7.17. The van der Waals surface area contributed by atoms with Gasteiger partial charge in [0.2, 0.25) is 0 Å². The van der Waals surface area contributed by atoms with Gasteiger partial charge >= 0.3 is 6.16 Å². The first-order chi connectivity index (χ1) is 8.37. The Morgan fingerprint density at radius 2 is 1.78 bits per heavy atom. The highest BCUT2D eigenvalue weighted by atomic mass is 16.7. The highest BCUT2D eigenvalue weighted by Crippen LogP contribution is 2.24. The van der Waals surface area contributed by atoms with Crippen LogP contribution in [0, 0.1) is 11.3 Å². The highest BCUT2D eigenvalue weighted by molar-refractivity contribution is 5.59. The van der Waals surface area contributed by atoms with Crippen LogP contribution in [0.15, 0.2) is 0 Å². The van der Waals surface area contributed by atoms with Gasteiger partial charge in [0, 0.05) is 0 Å². The van der Waals surface area contributed by atoms with E-state index in [4.69, 9.17) is 9.47 Å². The van der Waals surface area contributed by atoms with Crippen LogP contribution >= 0.6 is 0 Å². The Morgan fingerprint density at radius 3 is 2.33 bits per heavy atom. The maximum atomic E-state index is 11.3. The third-order valence-electron chi connectivity index (χ3n) is 2.82. The van der Waals surface area contributed by atoms with Crippen molar-refractivity contribution in [2.24, 2.45) is 11.3 Å². The summed E-state index contributed by atoms with van der Waals surface area (Å²) in [6, 6.07) is 0. The van der Waals surface area contributed by atoms with Crippen molar-refractivity contribution in [3.8, 4) is 0 Å². The van der Waals surface area contributed by atoms with Gasteiger partial charge in [-0.2, -0.15) is 0 Å². The molecule has 0 spiro atoms. The molecule has 0 aliphatic carbocycles. The van der Waals surface area contributed by atoms with Crippen LogP contribution in [0.3, 0.4) is 0 Å². The zero-order valence-corrected chi connectivity index (χ0v) is 12.8. The highest BCUT2D eigenvalue weighted by Gasteiger charge is 2.20. The maximum absolute atomic E-state index is 11.3. The minimum atomic E-state index is -0.537. The Morgan fingerprint density at radius 1 is 1.11 bits per heavy atom. The minimum Gasteiger partial charge on any atom is -0.434 e. The summed E-state index contributed by atoms with van der Waals surface area (Å²) in [7, 11) is 0. The zero-order chi connectivity index (χ0) is 14.0. The molecule has 0 aliphatic rings. The Kier molecular flexibility index (Phi) is 8.86. The largest absolute Gasteiger partial charge is 0.508 e. The Balaban J connectivity index is 3.70. The van der Waals surface area contributed by atoms with Crippen molar-refractivity contribution in [3.05, 3.63) is 0 Å². The van der Waals surface area contributed by atoms with Crippen LogP contribution in [0.25, 0.3) is 0 Å². The average Bonchev–Trinajstić information content (AvgIpc) is 2.29. The fourth-order valence-corrected chi connectivity index (χ4v) is 1.63. The average molecular weight is 258 g/mol. The molecule has 0 heterocycles. The molecular formula is C15H30O3. The van der Waals surface area contributed by atoms with Crippen molar-refractivity contribution in [3.63, 3.8) is 0 Å². The summed E-state index contributed by atoms with van der Waals surface area (Å²) in [5.41, 5.74) is 0.0462. The van der Waals surface area contributed by atoms with Gasteiger partial charge in [-0.15, -0.1) is 0 Å². The van der Waals surface area contributed by atoms with Gasteiger partial charge in [0.1, 0.15) is 6.61 Å². The summed E-state index contributed by atoms with van der Waals surface area (Å²) >= 11 is 0. The van der Waals surface area contributed by atoms with Crippen molar-refractivity contribution < 1.29 is 14.3 Å². The molecule has 0 amide bonds. The Bertz CT molecular complexity index is 222.